The molecule has 0 aliphatic rings. The van der Waals surface area contributed by atoms with Gasteiger partial charge in [0.2, 0.25) is 5.91 Å². The van der Waals surface area contributed by atoms with Gasteiger partial charge in [0, 0.05) is 12.8 Å². The van der Waals surface area contributed by atoms with Crippen LogP contribution in [0.4, 0.5) is 0 Å². The Balaban J connectivity index is 2.62. The summed E-state index contributed by atoms with van der Waals surface area (Å²) in [4.78, 5) is 21.6. The fraction of sp³-hybridized carbons (Fsp3) is 0.500. The number of tetrazole rings is 1. The second kappa shape index (κ2) is 5.79. The van der Waals surface area contributed by atoms with E-state index in [9.17, 15) is 9.59 Å². The minimum atomic E-state index is -0.943. The molecule has 0 bridgehead atoms. The monoisotopic (exact) mass is 226 g/mol. The zero-order valence-electron chi connectivity index (χ0n) is 8.51. The maximum atomic E-state index is 11.2. The fourth-order valence-corrected chi connectivity index (χ4v) is 1.13. The smallest absolute Gasteiger partial charge is 0.303 e. The van der Waals surface area contributed by atoms with Crippen molar-refractivity contribution >= 4 is 11.9 Å². The van der Waals surface area contributed by atoms with E-state index in [0.717, 1.165) is 0 Å². The predicted molar refractivity (Wildman–Crippen MR) is 51.9 cm³/mol. The number of rotatable bonds is 6. The van der Waals surface area contributed by atoms with Gasteiger partial charge in [-0.2, -0.15) is 0 Å². The Morgan fingerprint density at radius 2 is 2.31 bits per heavy atom. The summed E-state index contributed by atoms with van der Waals surface area (Å²) in [5.74, 6) is -0.892. The van der Waals surface area contributed by atoms with E-state index in [1.54, 1.807) is 0 Å². The normalized spacial score (nSPS) is 12.1. The van der Waals surface area contributed by atoms with Crippen LogP contribution in [0.2, 0.25) is 0 Å². The Kier molecular flexibility index (Phi) is 4.37. The molecule has 0 aliphatic heterocycles. The van der Waals surface area contributed by atoms with Crippen LogP contribution in [-0.2, 0) is 9.59 Å². The molecule has 1 atom stereocenters. The molecular formula is C8H12N5O3. The number of carboxylic acids is 1. The van der Waals surface area contributed by atoms with Gasteiger partial charge < -0.3 is 10.4 Å². The molecule has 0 fully saturated rings. The number of H-pyrrole nitrogens is 1. The average molecular weight is 226 g/mol. The number of aliphatic carboxylic acids is 1. The highest BCUT2D eigenvalue weighted by atomic mass is 16.4. The van der Waals surface area contributed by atoms with Crippen LogP contribution in [0.1, 0.15) is 31.1 Å². The molecule has 0 saturated carbocycles. The Hall–Kier alpha value is -1.99. The molecule has 8 nitrogen and oxygen atoms in total. The molecule has 1 amide bonds. The lowest BCUT2D eigenvalue weighted by Gasteiger charge is -2.13. The van der Waals surface area contributed by atoms with Gasteiger partial charge in [-0.3, -0.25) is 9.59 Å². The van der Waals surface area contributed by atoms with Crippen LogP contribution < -0.4 is 5.32 Å². The van der Waals surface area contributed by atoms with E-state index in [0.29, 0.717) is 5.82 Å². The summed E-state index contributed by atoms with van der Waals surface area (Å²) in [5, 5.41) is 24.0. The van der Waals surface area contributed by atoms with Crippen molar-refractivity contribution in [1.29, 1.82) is 0 Å². The number of aromatic nitrogens is 4. The van der Waals surface area contributed by atoms with Crippen molar-refractivity contribution in [3.05, 3.63) is 12.7 Å². The maximum absolute atomic E-state index is 11.2. The summed E-state index contributed by atoms with van der Waals surface area (Å²) in [6.45, 7) is 3.42. The SMILES string of the molecule is [CH2]CC(=O)NC(CCC(=O)O)c1nnn[nH]1. The Bertz CT molecular complexity index is 351. The fourth-order valence-electron chi connectivity index (χ4n) is 1.13. The third-order valence-corrected chi connectivity index (χ3v) is 1.90. The minimum absolute atomic E-state index is 0.0745. The number of nitrogens with one attached hydrogen (secondary N) is 2. The number of amides is 1. The van der Waals surface area contributed by atoms with Gasteiger partial charge in [-0.15, -0.1) is 5.10 Å². The lowest BCUT2D eigenvalue weighted by Crippen LogP contribution is -2.29. The van der Waals surface area contributed by atoms with Gasteiger partial charge in [-0.05, 0) is 23.8 Å². The van der Waals surface area contributed by atoms with Crippen LogP contribution in [0.5, 0.6) is 0 Å². The van der Waals surface area contributed by atoms with Gasteiger partial charge in [0.1, 0.15) is 0 Å². The number of nitrogens with zero attached hydrogens (tertiary/aromatic N) is 3. The van der Waals surface area contributed by atoms with Gasteiger partial charge >= 0.3 is 5.97 Å². The van der Waals surface area contributed by atoms with Crippen molar-refractivity contribution in [2.24, 2.45) is 0 Å². The molecule has 3 N–H and O–H groups in total. The number of carbonyl (C=O) groups is 2. The van der Waals surface area contributed by atoms with Gasteiger partial charge in [0.15, 0.2) is 5.82 Å². The first-order chi connectivity index (χ1) is 7.63. The molecule has 0 aliphatic carbocycles. The van der Waals surface area contributed by atoms with Crippen LogP contribution in [0.25, 0.3) is 0 Å². The van der Waals surface area contributed by atoms with E-state index in [4.69, 9.17) is 5.11 Å². The molecule has 0 saturated heterocycles. The third-order valence-electron chi connectivity index (χ3n) is 1.90. The van der Waals surface area contributed by atoms with Gasteiger partial charge in [0.05, 0.1) is 6.04 Å². The first kappa shape index (κ1) is 12.1. The maximum Gasteiger partial charge on any atom is 0.303 e. The Morgan fingerprint density at radius 1 is 1.56 bits per heavy atom. The molecular weight excluding hydrogens is 214 g/mol. The second-order valence-electron chi connectivity index (χ2n) is 3.09. The third kappa shape index (κ3) is 3.64. The summed E-state index contributed by atoms with van der Waals surface area (Å²) in [6.07, 6.45) is 0.214. The van der Waals surface area contributed by atoms with Crippen LogP contribution >= 0.6 is 0 Å². The van der Waals surface area contributed by atoms with Crippen molar-refractivity contribution in [2.45, 2.75) is 25.3 Å². The van der Waals surface area contributed by atoms with E-state index < -0.39 is 12.0 Å². The van der Waals surface area contributed by atoms with Crippen LogP contribution in [0.3, 0.4) is 0 Å². The standard InChI is InChI=1S/C8H12N5O3/c1-2-6(14)9-5(3-4-7(15)16)8-10-12-13-11-8/h5H,1-4H2,(H,9,14)(H,15,16)(H,10,11,12,13). The molecule has 1 aromatic rings. The highest BCUT2D eigenvalue weighted by Crippen LogP contribution is 2.13. The number of hydrogen-bond acceptors (Lipinski definition) is 5. The van der Waals surface area contributed by atoms with Gasteiger partial charge in [-0.1, -0.05) is 0 Å². The minimum Gasteiger partial charge on any atom is -0.481 e. The van der Waals surface area contributed by atoms with Crippen molar-refractivity contribution in [3.8, 4) is 0 Å². The first-order valence-corrected chi connectivity index (χ1v) is 4.67. The quantitative estimate of drug-likeness (QED) is 0.598. The summed E-state index contributed by atoms with van der Waals surface area (Å²) in [6, 6.07) is -0.527. The molecule has 8 heteroatoms. The van der Waals surface area contributed by atoms with Crippen molar-refractivity contribution in [1.82, 2.24) is 25.9 Å². The molecule has 1 radical (unpaired) electrons. The highest BCUT2D eigenvalue weighted by Gasteiger charge is 2.18. The zero-order valence-corrected chi connectivity index (χ0v) is 8.51. The van der Waals surface area contributed by atoms with Crippen LogP contribution in [0, 0.1) is 6.92 Å². The molecule has 0 spiro atoms. The first-order valence-electron chi connectivity index (χ1n) is 4.67. The van der Waals surface area contributed by atoms with E-state index >= 15 is 0 Å². The molecule has 1 unspecified atom stereocenters. The van der Waals surface area contributed by atoms with Crippen LogP contribution in [0.15, 0.2) is 0 Å². The van der Waals surface area contributed by atoms with Crippen LogP contribution in [-0.4, -0.2) is 37.6 Å². The second-order valence-corrected chi connectivity index (χ2v) is 3.09. The molecule has 1 rings (SSSR count). The topological polar surface area (TPSA) is 121 Å². The van der Waals surface area contributed by atoms with E-state index in [1.807, 2.05) is 0 Å². The lowest BCUT2D eigenvalue weighted by molar-refractivity contribution is -0.137. The summed E-state index contributed by atoms with van der Waals surface area (Å²) < 4.78 is 0. The summed E-state index contributed by atoms with van der Waals surface area (Å²) >= 11 is 0. The Labute approximate surface area is 91.4 Å². The highest BCUT2D eigenvalue weighted by molar-refractivity contribution is 5.76. The molecule has 87 valence electrons. The zero-order chi connectivity index (χ0) is 12.0. The number of carboxylic acid groups (broad SMARTS) is 1. The average Bonchev–Trinajstić information content (AvgIpc) is 2.76. The summed E-state index contributed by atoms with van der Waals surface area (Å²) in [7, 11) is 0. The summed E-state index contributed by atoms with van der Waals surface area (Å²) in [5.41, 5.74) is 0. The predicted octanol–water partition coefficient (Wildman–Crippen LogP) is -0.554. The molecule has 16 heavy (non-hydrogen) atoms. The van der Waals surface area contributed by atoms with Gasteiger partial charge in [0.25, 0.3) is 0 Å². The van der Waals surface area contributed by atoms with Gasteiger partial charge in [-0.25, -0.2) is 5.10 Å². The van der Waals surface area contributed by atoms with Crippen molar-refractivity contribution in [2.75, 3.05) is 0 Å². The largest absolute Gasteiger partial charge is 0.481 e. The molecule has 1 aromatic heterocycles. The van der Waals surface area contributed by atoms with E-state index in [2.05, 4.69) is 32.9 Å². The Morgan fingerprint density at radius 3 is 2.81 bits per heavy atom. The van der Waals surface area contributed by atoms with Crippen molar-refractivity contribution in [3.63, 3.8) is 0 Å². The molecule has 0 aromatic carbocycles. The van der Waals surface area contributed by atoms with E-state index in [-0.39, 0.29) is 25.2 Å². The number of aromatic amines is 1. The number of hydrogen-bond donors (Lipinski definition) is 3. The van der Waals surface area contributed by atoms with Crippen molar-refractivity contribution < 1.29 is 14.7 Å². The molecule has 1 heterocycles. The lowest BCUT2D eigenvalue weighted by atomic mass is 10.1. The van der Waals surface area contributed by atoms with E-state index in [1.165, 1.54) is 0 Å². The number of carbonyl (C=O) groups excluding carboxylic acids is 1.